The van der Waals surface area contributed by atoms with Gasteiger partial charge in [-0.1, -0.05) is 22.9 Å². The smallest absolute Gasteiger partial charge is 0.119 e. The fourth-order valence-electron chi connectivity index (χ4n) is 2.52. The Bertz CT molecular complexity index is 394. The first-order valence-corrected chi connectivity index (χ1v) is 7.53. The van der Waals surface area contributed by atoms with Crippen molar-refractivity contribution in [3.05, 3.63) is 28.2 Å². The topological polar surface area (TPSA) is 12.5 Å². The van der Waals surface area contributed by atoms with Crippen molar-refractivity contribution in [3.8, 4) is 5.75 Å². The summed E-state index contributed by atoms with van der Waals surface area (Å²) in [6, 6.07) is 6.21. The number of halogens is 1. The summed E-state index contributed by atoms with van der Waals surface area (Å²) < 4.78 is 6.48. The molecule has 1 heterocycles. The fraction of sp³-hybridized carbons (Fsp3) is 0.600. The molecule has 1 aliphatic heterocycles. The van der Waals surface area contributed by atoms with Gasteiger partial charge >= 0.3 is 0 Å². The fourth-order valence-corrected chi connectivity index (χ4v) is 2.89. The molecule has 1 aromatic rings. The molecular weight excluding hydrogens is 290 g/mol. The van der Waals surface area contributed by atoms with Gasteiger partial charge in [-0.2, -0.15) is 0 Å². The van der Waals surface area contributed by atoms with E-state index in [0.717, 1.165) is 18.2 Å². The van der Waals surface area contributed by atoms with Crippen molar-refractivity contribution < 1.29 is 4.74 Å². The molecule has 2 rings (SSSR count). The van der Waals surface area contributed by atoms with Gasteiger partial charge in [0.1, 0.15) is 5.75 Å². The summed E-state index contributed by atoms with van der Waals surface area (Å²) in [5.74, 6) is 1.82. The van der Waals surface area contributed by atoms with Gasteiger partial charge in [0.2, 0.25) is 0 Å². The SMILES string of the molecule is COc1ccc(Br)c(CN2CCCC(C)CC2)c1. The number of methoxy groups -OCH3 is 1. The predicted octanol–water partition coefficient (Wildman–Crippen LogP) is 4.08. The van der Waals surface area contributed by atoms with Crippen molar-refractivity contribution in [2.24, 2.45) is 5.92 Å². The van der Waals surface area contributed by atoms with Crippen molar-refractivity contribution in [3.63, 3.8) is 0 Å². The lowest BCUT2D eigenvalue weighted by molar-refractivity contribution is 0.272. The van der Waals surface area contributed by atoms with E-state index in [1.807, 2.05) is 6.07 Å². The van der Waals surface area contributed by atoms with Crippen LogP contribution in [-0.4, -0.2) is 25.1 Å². The Kier molecular flexibility index (Phi) is 5.07. The first kappa shape index (κ1) is 13.9. The highest BCUT2D eigenvalue weighted by Gasteiger charge is 2.15. The van der Waals surface area contributed by atoms with Crippen LogP contribution in [0.4, 0.5) is 0 Å². The Morgan fingerprint density at radius 2 is 2.17 bits per heavy atom. The Hall–Kier alpha value is -0.540. The third kappa shape index (κ3) is 3.72. The number of hydrogen-bond donors (Lipinski definition) is 0. The highest BCUT2D eigenvalue weighted by atomic mass is 79.9. The van der Waals surface area contributed by atoms with Gasteiger partial charge in [-0.25, -0.2) is 0 Å². The third-order valence-electron chi connectivity index (χ3n) is 3.76. The van der Waals surface area contributed by atoms with Gasteiger partial charge in [0.15, 0.2) is 0 Å². The molecule has 0 N–H and O–H groups in total. The predicted molar refractivity (Wildman–Crippen MR) is 79.0 cm³/mol. The van der Waals surface area contributed by atoms with Crippen molar-refractivity contribution in [1.29, 1.82) is 0 Å². The monoisotopic (exact) mass is 311 g/mol. The van der Waals surface area contributed by atoms with Crippen molar-refractivity contribution in [2.45, 2.75) is 32.7 Å². The summed E-state index contributed by atoms with van der Waals surface area (Å²) in [4.78, 5) is 2.56. The molecule has 2 nitrogen and oxygen atoms in total. The molecule has 1 unspecified atom stereocenters. The zero-order valence-corrected chi connectivity index (χ0v) is 12.9. The third-order valence-corrected chi connectivity index (χ3v) is 4.53. The number of nitrogens with zero attached hydrogens (tertiary/aromatic N) is 1. The summed E-state index contributed by atoms with van der Waals surface area (Å²) in [5.41, 5.74) is 1.32. The Balaban J connectivity index is 2.03. The lowest BCUT2D eigenvalue weighted by Crippen LogP contribution is -2.24. The molecule has 18 heavy (non-hydrogen) atoms. The molecule has 100 valence electrons. The van der Waals surface area contributed by atoms with Crippen LogP contribution in [0.2, 0.25) is 0 Å². The summed E-state index contributed by atoms with van der Waals surface area (Å²) in [5, 5.41) is 0. The van der Waals surface area contributed by atoms with Gasteiger partial charge in [0, 0.05) is 11.0 Å². The normalized spacial score (nSPS) is 21.6. The van der Waals surface area contributed by atoms with Crippen LogP contribution in [0, 0.1) is 5.92 Å². The number of rotatable bonds is 3. The second-order valence-electron chi connectivity index (χ2n) is 5.27. The number of hydrogen-bond acceptors (Lipinski definition) is 2. The molecule has 0 radical (unpaired) electrons. The maximum Gasteiger partial charge on any atom is 0.119 e. The van der Waals surface area contributed by atoms with Gasteiger partial charge in [0.05, 0.1) is 7.11 Å². The quantitative estimate of drug-likeness (QED) is 0.834. The van der Waals surface area contributed by atoms with Gasteiger partial charge < -0.3 is 4.74 Å². The van der Waals surface area contributed by atoms with Crippen LogP contribution in [0.5, 0.6) is 5.75 Å². The molecule has 0 aliphatic carbocycles. The largest absolute Gasteiger partial charge is 0.497 e. The molecular formula is C15H22BrNO. The molecule has 0 aromatic heterocycles. The van der Waals surface area contributed by atoms with E-state index in [1.54, 1.807) is 7.11 Å². The van der Waals surface area contributed by atoms with Gasteiger partial charge in [-0.15, -0.1) is 0 Å². The maximum atomic E-state index is 5.30. The van der Waals surface area contributed by atoms with Crippen LogP contribution in [0.25, 0.3) is 0 Å². The number of ether oxygens (including phenoxy) is 1. The average molecular weight is 312 g/mol. The number of likely N-dealkylation sites (tertiary alicyclic amines) is 1. The minimum atomic E-state index is 0.878. The minimum Gasteiger partial charge on any atom is -0.497 e. The summed E-state index contributed by atoms with van der Waals surface area (Å²) in [6.45, 7) is 5.81. The highest BCUT2D eigenvalue weighted by molar-refractivity contribution is 9.10. The Morgan fingerprint density at radius 1 is 1.33 bits per heavy atom. The van der Waals surface area contributed by atoms with E-state index in [1.165, 1.54) is 42.4 Å². The van der Waals surface area contributed by atoms with Crippen molar-refractivity contribution in [1.82, 2.24) is 4.90 Å². The van der Waals surface area contributed by atoms with Crippen LogP contribution < -0.4 is 4.74 Å². The molecule has 3 heteroatoms. The van der Waals surface area contributed by atoms with Crippen molar-refractivity contribution in [2.75, 3.05) is 20.2 Å². The molecule has 0 amide bonds. The zero-order chi connectivity index (χ0) is 13.0. The van der Waals surface area contributed by atoms with Crippen LogP contribution in [-0.2, 0) is 6.54 Å². The summed E-state index contributed by atoms with van der Waals surface area (Å²) in [6.07, 6.45) is 4.01. The number of benzene rings is 1. The van der Waals surface area contributed by atoms with Gasteiger partial charge in [0.25, 0.3) is 0 Å². The molecule has 0 spiro atoms. The first-order chi connectivity index (χ1) is 8.69. The molecule has 1 aliphatic rings. The van der Waals surface area contributed by atoms with E-state index in [4.69, 9.17) is 4.74 Å². The van der Waals surface area contributed by atoms with E-state index >= 15 is 0 Å². The van der Waals surface area contributed by atoms with E-state index in [-0.39, 0.29) is 0 Å². The average Bonchev–Trinajstić information content (AvgIpc) is 2.57. The molecule has 1 saturated heterocycles. The maximum absolute atomic E-state index is 5.30. The second-order valence-corrected chi connectivity index (χ2v) is 6.12. The van der Waals surface area contributed by atoms with Crippen LogP contribution >= 0.6 is 15.9 Å². The van der Waals surface area contributed by atoms with E-state index in [2.05, 4.69) is 39.9 Å². The van der Waals surface area contributed by atoms with E-state index in [0.29, 0.717) is 0 Å². The van der Waals surface area contributed by atoms with Gasteiger partial charge in [-0.05, 0) is 62.0 Å². The van der Waals surface area contributed by atoms with Crippen LogP contribution in [0.1, 0.15) is 31.7 Å². The van der Waals surface area contributed by atoms with E-state index < -0.39 is 0 Å². The van der Waals surface area contributed by atoms with Gasteiger partial charge in [-0.3, -0.25) is 4.90 Å². The zero-order valence-electron chi connectivity index (χ0n) is 11.3. The van der Waals surface area contributed by atoms with E-state index in [9.17, 15) is 0 Å². The minimum absolute atomic E-state index is 0.878. The highest BCUT2D eigenvalue weighted by Crippen LogP contribution is 2.25. The molecule has 0 saturated carbocycles. The summed E-state index contributed by atoms with van der Waals surface area (Å²) in [7, 11) is 1.72. The van der Waals surface area contributed by atoms with Crippen LogP contribution in [0.15, 0.2) is 22.7 Å². The lowest BCUT2D eigenvalue weighted by Gasteiger charge is -2.21. The molecule has 1 atom stereocenters. The molecule has 0 bridgehead atoms. The lowest BCUT2D eigenvalue weighted by atomic mass is 10.0. The second kappa shape index (κ2) is 6.58. The van der Waals surface area contributed by atoms with Crippen molar-refractivity contribution >= 4 is 15.9 Å². The molecule has 1 fully saturated rings. The van der Waals surface area contributed by atoms with Crippen LogP contribution in [0.3, 0.4) is 0 Å². The Labute approximate surface area is 118 Å². The first-order valence-electron chi connectivity index (χ1n) is 6.74. The summed E-state index contributed by atoms with van der Waals surface area (Å²) >= 11 is 3.64. The standard InChI is InChI=1S/C15H22BrNO/c1-12-4-3-8-17(9-7-12)11-13-10-14(18-2)5-6-15(13)16/h5-6,10,12H,3-4,7-9,11H2,1-2H3. The Morgan fingerprint density at radius 3 is 2.94 bits per heavy atom. The molecule has 1 aromatic carbocycles.